The van der Waals surface area contributed by atoms with Gasteiger partial charge in [-0.25, -0.2) is 18.7 Å². The minimum absolute atomic E-state index is 0.0592. The summed E-state index contributed by atoms with van der Waals surface area (Å²) in [7, 11) is 0. The third kappa shape index (κ3) is 6.92. The predicted molar refractivity (Wildman–Crippen MR) is 107 cm³/mol. The lowest BCUT2D eigenvalue weighted by Crippen LogP contribution is -2.48. The number of amides is 1. The quantitative estimate of drug-likeness (QED) is 0.550. The average molecular weight is 459 g/mol. The van der Waals surface area contributed by atoms with Gasteiger partial charge < -0.3 is 20.7 Å². The molecular weight excluding hydrogens is 437 g/mol. The molecule has 3 rings (SSSR count). The summed E-state index contributed by atoms with van der Waals surface area (Å²) in [5.74, 6) is -3.14. The van der Waals surface area contributed by atoms with Gasteiger partial charge in [0.1, 0.15) is 23.2 Å². The van der Waals surface area contributed by atoms with Crippen LogP contribution in [0.2, 0.25) is 0 Å². The predicted octanol–water partition coefficient (Wildman–Crippen LogP) is 4.53. The number of carbonyl (C=O) groups excluding carboxylic acids is 1. The maximum absolute atomic E-state index is 14.2. The van der Waals surface area contributed by atoms with Crippen molar-refractivity contribution in [1.82, 2.24) is 15.3 Å². The van der Waals surface area contributed by atoms with Crippen molar-refractivity contribution in [1.29, 1.82) is 0 Å². The summed E-state index contributed by atoms with van der Waals surface area (Å²) in [6, 6.07) is 4.06. The molecule has 0 radical (unpaired) electrons. The first-order valence-electron chi connectivity index (χ1n) is 9.76. The SMILES string of the molecule is CC(=O)NC1CC(Nc2nc(Nc3cc(OC(F)(F)F)ccn3)ccc2C)CC(F)(F)C1. The molecule has 1 aliphatic carbocycles. The smallest absolute Gasteiger partial charge is 0.406 e. The average Bonchev–Trinajstić information content (AvgIpc) is 2.61. The van der Waals surface area contributed by atoms with Crippen LogP contribution >= 0.6 is 0 Å². The second kappa shape index (κ2) is 9.13. The van der Waals surface area contributed by atoms with Crippen molar-refractivity contribution in [3.05, 3.63) is 36.0 Å². The van der Waals surface area contributed by atoms with E-state index in [-0.39, 0.29) is 17.5 Å². The van der Waals surface area contributed by atoms with Crippen molar-refractivity contribution in [2.45, 2.75) is 57.5 Å². The minimum atomic E-state index is -4.84. The maximum Gasteiger partial charge on any atom is 0.573 e. The summed E-state index contributed by atoms with van der Waals surface area (Å²) in [6.45, 7) is 3.01. The molecule has 1 fully saturated rings. The van der Waals surface area contributed by atoms with E-state index < -0.39 is 43.0 Å². The Kier molecular flexibility index (Phi) is 6.70. The lowest BCUT2D eigenvalue weighted by Gasteiger charge is -2.35. The number of rotatable bonds is 6. The number of carbonyl (C=O) groups is 1. The molecule has 0 bridgehead atoms. The molecule has 1 aliphatic rings. The van der Waals surface area contributed by atoms with E-state index >= 15 is 0 Å². The summed E-state index contributed by atoms with van der Waals surface area (Å²) in [4.78, 5) is 19.6. The summed E-state index contributed by atoms with van der Waals surface area (Å²) < 4.78 is 69.4. The van der Waals surface area contributed by atoms with Gasteiger partial charge in [-0.05, 0) is 31.0 Å². The number of nitrogens with zero attached hydrogens (tertiary/aromatic N) is 2. The molecule has 3 N–H and O–H groups in total. The van der Waals surface area contributed by atoms with Gasteiger partial charge in [0.2, 0.25) is 5.91 Å². The van der Waals surface area contributed by atoms with Crippen LogP contribution in [-0.2, 0) is 4.79 Å². The molecule has 174 valence electrons. The number of nitrogens with one attached hydrogen (secondary N) is 3. The van der Waals surface area contributed by atoms with Crippen molar-refractivity contribution in [3.63, 3.8) is 0 Å². The highest BCUT2D eigenvalue weighted by Gasteiger charge is 2.41. The van der Waals surface area contributed by atoms with Crippen LogP contribution in [-0.4, -0.2) is 40.2 Å². The molecular formula is C20H22F5N5O2. The molecule has 1 amide bonds. The van der Waals surface area contributed by atoms with Crippen LogP contribution in [0.4, 0.5) is 39.4 Å². The molecule has 2 heterocycles. The number of alkyl halides is 5. The number of pyridine rings is 2. The van der Waals surface area contributed by atoms with Crippen LogP contribution in [0.25, 0.3) is 0 Å². The Morgan fingerprint density at radius 2 is 1.88 bits per heavy atom. The topological polar surface area (TPSA) is 88.2 Å². The molecule has 2 unspecified atom stereocenters. The van der Waals surface area contributed by atoms with Crippen LogP contribution in [0.1, 0.15) is 31.7 Å². The van der Waals surface area contributed by atoms with E-state index in [0.29, 0.717) is 17.8 Å². The monoisotopic (exact) mass is 459 g/mol. The second-order valence-electron chi connectivity index (χ2n) is 7.65. The van der Waals surface area contributed by atoms with E-state index in [9.17, 15) is 26.7 Å². The second-order valence-corrected chi connectivity index (χ2v) is 7.65. The van der Waals surface area contributed by atoms with Gasteiger partial charge in [0.25, 0.3) is 5.92 Å². The van der Waals surface area contributed by atoms with Crippen LogP contribution in [0.15, 0.2) is 30.5 Å². The van der Waals surface area contributed by atoms with Crippen LogP contribution in [0, 0.1) is 6.92 Å². The van der Waals surface area contributed by atoms with Crippen LogP contribution < -0.4 is 20.7 Å². The molecule has 32 heavy (non-hydrogen) atoms. The largest absolute Gasteiger partial charge is 0.573 e. The lowest BCUT2D eigenvalue weighted by atomic mass is 9.87. The van der Waals surface area contributed by atoms with Gasteiger partial charge in [-0.3, -0.25) is 4.79 Å². The Labute approximate surface area is 180 Å². The van der Waals surface area contributed by atoms with E-state index in [2.05, 4.69) is 30.7 Å². The Hall–Kier alpha value is -3.18. The molecule has 0 saturated heterocycles. The van der Waals surface area contributed by atoms with Gasteiger partial charge >= 0.3 is 6.36 Å². The molecule has 12 heteroatoms. The van der Waals surface area contributed by atoms with Crippen molar-refractivity contribution in [2.24, 2.45) is 0 Å². The number of hydrogen-bond donors (Lipinski definition) is 3. The normalized spacial score (nSPS) is 20.3. The van der Waals surface area contributed by atoms with Crippen molar-refractivity contribution in [2.75, 3.05) is 10.6 Å². The van der Waals surface area contributed by atoms with E-state index in [4.69, 9.17) is 0 Å². The first-order chi connectivity index (χ1) is 14.9. The van der Waals surface area contributed by atoms with E-state index in [1.54, 1.807) is 19.1 Å². The highest BCUT2D eigenvalue weighted by atomic mass is 19.4. The minimum Gasteiger partial charge on any atom is -0.406 e. The third-order valence-electron chi connectivity index (χ3n) is 4.73. The highest BCUT2D eigenvalue weighted by Crippen LogP contribution is 2.35. The Balaban J connectivity index is 1.73. The standard InChI is InChI=1S/C20H22F5N5O2/c1-11-3-4-16(29-17-8-15(5-6-26-17)32-20(23,24)25)30-18(11)28-14-7-13(27-12(2)31)9-19(21,22)10-14/h3-6,8,13-14H,7,9-10H2,1-2H3,(H,27,31)(H2,26,28,29,30). The third-order valence-corrected chi connectivity index (χ3v) is 4.73. The molecule has 7 nitrogen and oxygen atoms in total. The zero-order valence-corrected chi connectivity index (χ0v) is 17.3. The molecule has 0 aromatic carbocycles. The fraction of sp³-hybridized carbons (Fsp3) is 0.450. The van der Waals surface area contributed by atoms with Crippen molar-refractivity contribution >= 4 is 23.4 Å². The molecule has 2 aromatic rings. The number of ether oxygens (including phenoxy) is 1. The molecule has 0 aliphatic heterocycles. The summed E-state index contributed by atoms with van der Waals surface area (Å²) in [5.41, 5.74) is 0.683. The van der Waals surface area contributed by atoms with E-state index in [1.807, 2.05) is 0 Å². The summed E-state index contributed by atoms with van der Waals surface area (Å²) in [6.07, 6.45) is -4.24. The first kappa shape index (κ1) is 23.5. The molecule has 2 aromatic heterocycles. The van der Waals surface area contributed by atoms with Crippen molar-refractivity contribution < 1.29 is 31.5 Å². The Morgan fingerprint density at radius 1 is 1.16 bits per heavy atom. The number of aromatic nitrogens is 2. The van der Waals surface area contributed by atoms with Gasteiger partial charge in [-0.1, -0.05) is 6.07 Å². The fourth-order valence-electron chi connectivity index (χ4n) is 3.57. The zero-order chi connectivity index (χ0) is 23.5. The van der Waals surface area contributed by atoms with Crippen LogP contribution in [0.3, 0.4) is 0 Å². The van der Waals surface area contributed by atoms with Gasteiger partial charge in [0, 0.05) is 44.1 Å². The first-order valence-corrected chi connectivity index (χ1v) is 9.76. The van der Waals surface area contributed by atoms with Crippen molar-refractivity contribution in [3.8, 4) is 5.75 Å². The number of anilines is 3. The summed E-state index contributed by atoms with van der Waals surface area (Å²) >= 11 is 0. The Bertz CT molecular complexity index is 970. The van der Waals surface area contributed by atoms with E-state index in [1.165, 1.54) is 6.92 Å². The van der Waals surface area contributed by atoms with Gasteiger partial charge in [-0.15, -0.1) is 13.2 Å². The molecule has 1 saturated carbocycles. The number of hydrogen-bond acceptors (Lipinski definition) is 6. The molecule has 0 spiro atoms. The Morgan fingerprint density at radius 3 is 2.56 bits per heavy atom. The maximum atomic E-state index is 14.2. The highest BCUT2D eigenvalue weighted by molar-refractivity contribution is 5.73. The zero-order valence-electron chi connectivity index (χ0n) is 17.3. The molecule has 2 atom stereocenters. The van der Waals surface area contributed by atoms with Gasteiger partial charge in [-0.2, -0.15) is 0 Å². The van der Waals surface area contributed by atoms with Gasteiger partial charge in [0.15, 0.2) is 0 Å². The summed E-state index contributed by atoms with van der Waals surface area (Å²) in [5, 5.41) is 8.31. The number of aryl methyl sites for hydroxylation is 1. The van der Waals surface area contributed by atoms with Crippen LogP contribution in [0.5, 0.6) is 5.75 Å². The lowest BCUT2D eigenvalue weighted by molar-refractivity contribution is -0.274. The number of halogens is 5. The van der Waals surface area contributed by atoms with Gasteiger partial charge in [0.05, 0.1) is 0 Å². The fourth-order valence-corrected chi connectivity index (χ4v) is 3.57. The van der Waals surface area contributed by atoms with E-state index in [0.717, 1.165) is 18.3 Å².